The summed E-state index contributed by atoms with van der Waals surface area (Å²) in [6, 6.07) is 14.2. The number of anilines is 3. The van der Waals surface area contributed by atoms with Gasteiger partial charge in [0, 0.05) is 30.7 Å². The van der Waals surface area contributed by atoms with Crippen LogP contribution in [0.3, 0.4) is 0 Å². The number of hydrogen-bond acceptors (Lipinski definition) is 6. The average Bonchev–Trinajstić information content (AvgIpc) is 2.85. The van der Waals surface area contributed by atoms with Crippen molar-refractivity contribution in [2.45, 2.75) is 18.8 Å². The van der Waals surface area contributed by atoms with E-state index in [2.05, 4.69) is 50.5 Å². The van der Waals surface area contributed by atoms with Gasteiger partial charge < -0.3 is 16.0 Å². The molecule has 2 aromatic heterocycles. The highest BCUT2D eigenvalue weighted by Gasteiger charge is 2.22. The van der Waals surface area contributed by atoms with E-state index in [0.29, 0.717) is 17.3 Å². The van der Waals surface area contributed by atoms with Gasteiger partial charge in [0.15, 0.2) is 0 Å². The number of amides is 1. The average molecular weight is 426 g/mol. The number of nitrogens with zero attached hydrogens (tertiary/aromatic N) is 3. The van der Waals surface area contributed by atoms with E-state index >= 15 is 0 Å². The molecule has 0 saturated carbocycles. The Morgan fingerprint density at radius 1 is 1.06 bits per heavy atom. The SMILES string of the molecule is CNc1ccc(-c2cc3c(c(Nc4ccc(C5CCNCC5)cc4)n2)C(=O)[N]C=C3)cn1. The van der Waals surface area contributed by atoms with Crippen LogP contribution in [-0.4, -0.2) is 36.0 Å². The minimum atomic E-state index is -0.293. The molecule has 3 aromatic rings. The van der Waals surface area contributed by atoms with Crippen molar-refractivity contribution in [1.29, 1.82) is 0 Å². The third-order valence-corrected chi connectivity index (χ3v) is 6.01. The second-order valence-corrected chi connectivity index (χ2v) is 8.02. The van der Waals surface area contributed by atoms with Gasteiger partial charge in [-0.1, -0.05) is 12.1 Å². The van der Waals surface area contributed by atoms with Gasteiger partial charge in [0.25, 0.3) is 5.91 Å². The van der Waals surface area contributed by atoms with Gasteiger partial charge in [-0.2, -0.15) is 0 Å². The molecule has 5 rings (SSSR count). The van der Waals surface area contributed by atoms with E-state index in [4.69, 9.17) is 4.98 Å². The number of hydrogen-bond donors (Lipinski definition) is 3. The Hall–Kier alpha value is -3.71. The number of carbonyl (C=O) groups excluding carboxylic acids is 1. The van der Waals surface area contributed by atoms with Crippen LogP contribution in [0.1, 0.15) is 40.2 Å². The van der Waals surface area contributed by atoms with Crippen LogP contribution in [-0.2, 0) is 0 Å². The summed E-state index contributed by atoms with van der Waals surface area (Å²) < 4.78 is 0. The number of rotatable bonds is 5. The summed E-state index contributed by atoms with van der Waals surface area (Å²) in [5.74, 6) is 1.59. The molecule has 0 spiro atoms. The summed E-state index contributed by atoms with van der Waals surface area (Å²) in [5.41, 5.74) is 5.14. The van der Waals surface area contributed by atoms with Gasteiger partial charge in [-0.25, -0.2) is 15.3 Å². The largest absolute Gasteiger partial charge is 0.373 e. The molecule has 161 valence electrons. The van der Waals surface area contributed by atoms with Crippen LogP contribution in [0.4, 0.5) is 17.3 Å². The zero-order chi connectivity index (χ0) is 21.9. The van der Waals surface area contributed by atoms with E-state index in [1.807, 2.05) is 31.3 Å². The van der Waals surface area contributed by atoms with E-state index in [0.717, 1.165) is 54.3 Å². The lowest BCUT2D eigenvalue weighted by molar-refractivity contribution is 0.0965. The minimum absolute atomic E-state index is 0.293. The maximum atomic E-state index is 12.6. The first-order chi connectivity index (χ1) is 15.7. The highest BCUT2D eigenvalue weighted by atomic mass is 16.1. The Morgan fingerprint density at radius 3 is 2.59 bits per heavy atom. The molecule has 7 heteroatoms. The van der Waals surface area contributed by atoms with Gasteiger partial charge >= 0.3 is 0 Å². The predicted molar refractivity (Wildman–Crippen MR) is 127 cm³/mol. The molecule has 1 saturated heterocycles. The third-order valence-electron chi connectivity index (χ3n) is 6.01. The van der Waals surface area contributed by atoms with Gasteiger partial charge in [0.2, 0.25) is 0 Å². The Morgan fingerprint density at radius 2 is 1.88 bits per heavy atom. The van der Waals surface area contributed by atoms with Gasteiger partial charge in [-0.05, 0) is 79.4 Å². The first-order valence-electron chi connectivity index (χ1n) is 10.9. The number of aromatic nitrogens is 2. The molecule has 2 aliphatic rings. The fraction of sp³-hybridized carbons (Fsp3) is 0.240. The van der Waals surface area contributed by atoms with E-state index < -0.39 is 0 Å². The van der Waals surface area contributed by atoms with E-state index in [1.165, 1.54) is 11.8 Å². The molecule has 32 heavy (non-hydrogen) atoms. The molecule has 0 bridgehead atoms. The smallest absolute Gasteiger partial charge is 0.281 e. The molecule has 7 nitrogen and oxygen atoms in total. The van der Waals surface area contributed by atoms with Crippen LogP contribution < -0.4 is 21.3 Å². The summed E-state index contributed by atoms with van der Waals surface area (Å²) >= 11 is 0. The quantitative estimate of drug-likeness (QED) is 0.569. The molecule has 1 radical (unpaired) electrons. The summed E-state index contributed by atoms with van der Waals surface area (Å²) in [4.78, 5) is 21.7. The number of piperidine rings is 1. The van der Waals surface area contributed by atoms with Crippen molar-refractivity contribution in [2.24, 2.45) is 0 Å². The van der Waals surface area contributed by atoms with Gasteiger partial charge in [-0.3, -0.25) is 4.79 Å². The minimum Gasteiger partial charge on any atom is -0.373 e. The van der Waals surface area contributed by atoms with Gasteiger partial charge in [0.1, 0.15) is 11.6 Å². The molecule has 3 N–H and O–H groups in total. The van der Waals surface area contributed by atoms with Gasteiger partial charge in [-0.15, -0.1) is 0 Å². The maximum Gasteiger partial charge on any atom is 0.281 e. The maximum absolute atomic E-state index is 12.6. The van der Waals surface area contributed by atoms with Crippen molar-refractivity contribution < 1.29 is 4.79 Å². The Labute approximate surface area is 187 Å². The zero-order valence-corrected chi connectivity index (χ0v) is 17.9. The Kier molecular flexibility index (Phi) is 5.56. The van der Waals surface area contributed by atoms with Crippen LogP contribution in [0, 0.1) is 0 Å². The fourth-order valence-corrected chi connectivity index (χ4v) is 4.23. The van der Waals surface area contributed by atoms with Crippen LogP contribution in [0.2, 0.25) is 0 Å². The van der Waals surface area contributed by atoms with E-state index in [9.17, 15) is 4.79 Å². The Balaban J connectivity index is 1.48. The zero-order valence-electron chi connectivity index (χ0n) is 17.9. The predicted octanol–water partition coefficient (Wildman–Crippen LogP) is 4.12. The van der Waals surface area contributed by atoms with E-state index in [1.54, 1.807) is 6.20 Å². The molecule has 1 fully saturated rings. The molecule has 0 unspecified atom stereocenters. The third kappa shape index (κ3) is 4.07. The van der Waals surface area contributed by atoms with Crippen molar-refractivity contribution in [3.63, 3.8) is 0 Å². The number of fused-ring (bicyclic) bond motifs is 1. The molecule has 2 aliphatic heterocycles. The monoisotopic (exact) mass is 425 g/mol. The first kappa shape index (κ1) is 20.2. The summed E-state index contributed by atoms with van der Waals surface area (Å²) in [6.45, 7) is 2.13. The highest BCUT2D eigenvalue weighted by molar-refractivity contribution is 6.05. The molecule has 0 aliphatic carbocycles. The lowest BCUT2D eigenvalue weighted by Gasteiger charge is -2.23. The second kappa shape index (κ2) is 8.80. The van der Waals surface area contributed by atoms with Crippen molar-refractivity contribution in [1.82, 2.24) is 20.6 Å². The fourth-order valence-electron chi connectivity index (χ4n) is 4.23. The molecular weight excluding hydrogens is 400 g/mol. The van der Waals surface area contributed by atoms with Crippen LogP contribution in [0.15, 0.2) is 54.9 Å². The lowest BCUT2D eigenvalue weighted by atomic mass is 9.90. The Bertz CT molecular complexity index is 1150. The van der Waals surface area contributed by atoms with Crippen LogP contribution >= 0.6 is 0 Å². The summed E-state index contributed by atoms with van der Waals surface area (Å²) in [6.07, 6.45) is 7.47. The lowest BCUT2D eigenvalue weighted by Crippen LogP contribution is -2.26. The molecule has 1 aromatic carbocycles. The van der Waals surface area contributed by atoms with Crippen molar-refractivity contribution in [2.75, 3.05) is 30.8 Å². The highest BCUT2D eigenvalue weighted by Crippen LogP contribution is 2.31. The molecular formula is C25H25N6O. The number of benzene rings is 1. The van der Waals surface area contributed by atoms with E-state index in [-0.39, 0.29) is 5.91 Å². The topological polar surface area (TPSA) is 93.0 Å². The number of nitrogens with one attached hydrogen (secondary N) is 3. The van der Waals surface area contributed by atoms with Crippen molar-refractivity contribution in [3.8, 4) is 11.3 Å². The van der Waals surface area contributed by atoms with Gasteiger partial charge in [0.05, 0.1) is 11.3 Å². The summed E-state index contributed by atoms with van der Waals surface area (Å²) in [7, 11) is 1.83. The first-order valence-corrected chi connectivity index (χ1v) is 10.9. The molecule has 0 atom stereocenters. The number of pyridine rings is 2. The number of carbonyl (C=O) groups is 1. The van der Waals surface area contributed by atoms with Crippen molar-refractivity contribution in [3.05, 3.63) is 71.6 Å². The summed E-state index contributed by atoms with van der Waals surface area (Å²) in [5, 5.41) is 13.7. The standard InChI is InChI=1S/C25H25N6O/c1-26-22-7-4-19(15-29-22)21-14-18-10-13-28-25(32)23(18)24(31-21)30-20-5-2-16(3-6-20)17-8-11-27-12-9-17/h2-7,10,13-15,17,27H,8-9,11-12H2,1H3,(H,26,29)(H,30,31). The second-order valence-electron chi connectivity index (χ2n) is 8.02. The molecule has 1 amide bonds. The van der Waals surface area contributed by atoms with Crippen LogP contribution in [0.25, 0.3) is 17.3 Å². The molecule has 4 heterocycles. The van der Waals surface area contributed by atoms with Crippen molar-refractivity contribution >= 4 is 29.3 Å². The van der Waals surface area contributed by atoms with Crippen LogP contribution in [0.5, 0.6) is 0 Å². The normalized spacial score (nSPS) is 15.7.